The molecule has 3 rings (SSSR count). The van der Waals surface area contributed by atoms with Crippen LogP contribution in [0.5, 0.6) is 0 Å². The second-order valence-corrected chi connectivity index (χ2v) is 6.19. The molecule has 140 valence electrons. The topological polar surface area (TPSA) is 104 Å². The lowest BCUT2D eigenvalue weighted by Gasteiger charge is -2.14. The Morgan fingerprint density at radius 1 is 1.30 bits per heavy atom. The predicted molar refractivity (Wildman–Crippen MR) is 105 cm³/mol. The van der Waals surface area contributed by atoms with Gasteiger partial charge in [-0.05, 0) is 12.2 Å². The van der Waals surface area contributed by atoms with E-state index >= 15 is 0 Å². The van der Waals surface area contributed by atoms with E-state index in [1.165, 1.54) is 14.2 Å². The van der Waals surface area contributed by atoms with Gasteiger partial charge in [-0.25, -0.2) is 4.98 Å². The number of carbonyl (C=O) groups excluding carboxylic acids is 1. The fourth-order valence-electron chi connectivity index (χ4n) is 3.10. The van der Waals surface area contributed by atoms with Gasteiger partial charge in [-0.2, -0.15) is 0 Å². The molecule has 7 heteroatoms. The van der Waals surface area contributed by atoms with Crippen LogP contribution in [-0.4, -0.2) is 37.1 Å². The van der Waals surface area contributed by atoms with Gasteiger partial charge in [0.05, 0.1) is 43.2 Å². The first-order chi connectivity index (χ1) is 12.9. The highest BCUT2D eigenvalue weighted by Gasteiger charge is 2.30. The molecule has 0 aliphatic carbocycles. The number of rotatable bonds is 5. The Balaban J connectivity index is 2.28. The molecule has 0 fully saturated rings. The quantitative estimate of drug-likeness (QED) is 0.622. The number of methoxy groups -OCH3 is 2. The summed E-state index contributed by atoms with van der Waals surface area (Å²) in [5.41, 5.74) is 15.8. The van der Waals surface area contributed by atoms with Crippen molar-refractivity contribution in [2.75, 3.05) is 27.0 Å². The third-order valence-corrected chi connectivity index (χ3v) is 4.57. The first kappa shape index (κ1) is 18.3. The predicted octanol–water partition coefficient (Wildman–Crippen LogP) is 2.39. The normalized spacial score (nSPS) is 14.5. The standard InChI is InChI=1S/C20H22N4O3/c1-11(26-3)12(8-9-16(21)27-4)13-6-5-7-14-18(22)17-15(23-19(13)14)10-24(2)20(17)25/h5-9H,1,10,21H2,2-4H3,(H2,22,23)/b12-8+,16-9+. The molecule has 7 nitrogen and oxygen atoms in total. The van der Waals surface area contributed by atoms with Crippen LogP contribution in [0, 0.1) is 0 Å². The van der Waals surface area contributed by atoms with Crippen LogP contribution < -0.4 is 11.5 Å². The molecule has 0 saturated heterocycles. The number of nitrogens with zero attached hydrogens (tertiary/aromatic N) is 2. The number of ether oxygens (including phenoxy) is 2. The molecule has 2 aromatic rings. The molecular formula is C20H22N4O3. The minimum Gasteiger partial charge on any atom is -0.497 e. The zero-order chi connectivity index (χ0) is 19.7. The van der Waals surface area contributed by atoms with Gasteiger partial charge < -0.3 is 25.8 Å². The second-order valence-electron chi connectivity index (χ2n) is 6.19. The van der Waals surface area contributed by atoms with E-state index < -0.39 is 0 Å². The number of benzene rings is 1. The van der Waals surface area contributed by atoms with Crippen molar-refractivity contribution < 1.29 is 14.3 Å². The summed E-state index contributed by atoms with van der Waals surface area (Å²) in [6, 6.07) is 5.60. The average molecular weight is 366 g/mol. The van der Waals surface area contributed by atoms with Crippen LogP contribution in [0.1, 0.15) is 21.6 Å². The van der Waals surface area contributed by atoms with Crippen molar-refractivity contribution in [2.24, 2.45) is 5.73 Å². The van der Waals surface area contributed by atoms with Crippen LogP contribution in [0.4, 0.5) is 5.69 Å². The van der Waals surface area contributed by atoms with Gasteiger partial charge in [0, 0.05) is 23.6 Å². The Hall–Kier alpha value is -3.48. The molecule has 27 heavy (non-hydrogen) atoms. The summed E-state index contributed by atoms with van der Waals surface area (Å²) in [6.07, 6.45) is 3.37. The zero-order valence-corrected chi connectivity index (χ0v) is 15.6. The number of carbonyl (C=O) groups is 1. The molecule has 1 aromatic heterocycles. The van der Waals surface area contributed by atoms with Gasteiger partial charge >= 0.3 is 0 Å². The minimum absolute atomic E-state index is 0.116. The van der Waals surface area contributed by atoms with Crippen LogP contribution in [0.3, 0.4) is 0 Å². The maximum atomic E-state index is 12.4. The summed E-state index contributed by atoms with van der Waals surface area (Å²) in [5, 5.41) is 0.702. The van der Waals surface area contributed by atoms with Crippen molar-refractivity contribution in [2.45, 2.75) is 6.54 Å². The molecule has 1 aliphatic rings. The number of allylic oxidation sites excluding steroid dienone is 3. The number of hydrogen-bond donors (Lipinski definition) is 2. The van der Waals surface area contributed by atoms with Gasteiger partial charge in [0.25, 0.3) is 5.91 Å². The molecule has 0 bridgehead atoms. The van der Waals surface area contributed by atoms with Crippen molar-refractivity contribution in [3.05, 3.63) is 65.4 Å². The fraction of sp³-hybridized carbons (Fsp3) is 0.200. The van der Waals surface area contributed by atoms with Gasteiger partial charge in [0.15, 0.2) is 5.88 Å². The van der Waals surface area contributed by atoms with E-state index in [1.807, 2.05) is 18.2 Å². The maximum Gasteiger partial charge on any atom is 0.258 e. The van der Waals surface area contributed by atoms with Gasteiger partial charge in [-0.15, -0.1) is 0 Å². The van der Waals surface area contributed by atoms with E-state index in [2.05, 4.69) is 6.58 Å². The van der Waals surface area contributed by atoms with Crippen molar-refractivity contribution in [1.29, 1.82) is 0 Å². The number of amides is 1. The SMILES string of the molecule is C=C(OC)/C(=C\C=C(/N)OC)c1cccc2c(N)c3c(nc12)CN(C)C3=O. The third kappa shape index (κ3) is 3.08. The number of aromatic nitrogens is 1. The summed E-state index contributed by atoms with van der Waals surface area (Å²) >= 11 is 0. The lowest BCUT2D eigenvalue weighted by Crippen LogP contribution is -2.18. The van der Waals surface area contributed by atoms with Crippen LogP contribution in [0.25, 0.3) is 16.5 Å². The maximum absolute atomic E-state index is 12.4. The van der Waals surface area contributed by atoms with Crippen LogP contribution in [0.15, 0.2) is 48.6 Å². The summed E-state index contributed by atoms with van der Waals surface area (Å²) in [4.78, 5) is 18.7. The van der Waals surface area contributed by atoms with Crippen molar-refractivity contribution >= 4 is 28.1 Å². The minimum atomic E-state index is -0.116. The molecule has 0 unspecified atom stereocenters. The van der Waals surface area contributed by atoms with Gasteiger partial charge in [-0.1, -0.05) is 24.8 Å². The van der Waals surface area contributed by atoms with E-state index in [4.69, 9.17) is 25.9 Å². The van der Waals surface area contributed by atoms with Gasteiger partial charge in [0.1, 0.15) is 5.76 Å². The van der Waals surface area contributed by atoms with Crippen molar-refractivity contribution in [3.8, 4) is 0 Å². The first-order valence-corrected chi connectivity index (χ1v) is 8.30. The number of pyridine rings is 1. The Morgan fingerprint density at radius 3 is 2.70 bits per heavy atom. The first-order valence-electron chi connectivity index (χ1n) is 8.30. The summed E-state index contributed by atoms with van der Waals surface area (Å²) in [6.45, 7) is 4.38. The highest BCUT2D eigenvalue weighted by Crippen LogP contribution is 2.36. The highest BCUT2D eigenvalue weighted by atomic mass is 16.5. The van der Waals surface area contributed by atoms with Crippen LogP contribution in [0.2, 0.25) is 0 Å². The number of hydrogen-bond acceptors (Lipinski definition) is 6. The largest absolute Gasteiger partial charge is 0.497 e. The molecule has 1 amide bonds. The van der Waals surface area contributed by atoms with Crippen molar-refractivity contribution in [3.63, 3.8) is 0 Å². The molecule has 0 atom stereocenters. The molecule has 2 heterocycles. The lowest BCUT2D eigenvalue weighted by molar-refractivity contribution is 0.0817. The Bertz CT molecular complexity index is 1010. The number of nitrogens with two attached hydrogens (primary N) is 2. The molecule has 0 saturated carbocycles. The third-order valence-electron chi connectivity index (χ3n) is 4.57. The summed E-state index contributed by atoms with van der Waals surface area (Å²) in [7, 11) is 4.75. The number of para-hydroxylation sites is 1. The number of fused-ring (bicyclic) bond motifs is 2. The molecule has 0 radical (unpaired) electrons. The molecule has 1 aromatic carbocycles. The average Bonchev–Trinajstić information content (AvgIpc) is 2.95. The summed E-state index contributed by atoms with van der Waals surface area (Å²) in [5.74, 6) is 0.573. The van der Waals surface area contributed by atoms with Gasteiger partial charge in [0.2, 0.25) is 0 Å². The highest BCUT2D eigenvalue weighted by molar-refractivity contribution is 6.11. The van der Waals surface area contributed by atoms with Crippen LogP contribution in [-0.2, 0) is 16.0 Å². The number of anilines is 1. The van der Waals surface area contributed by atoms with E-state index in [0.29, 0.717) is 45.7 Å². The Morgan fingerprint density at radius 2 is 2.04 bits per heavy atom. The van der Waals surface area contributed by atoms with E-state index in [-0.39, 0.29) is 11.8 Å². The van der Waals surface area contributed by atoms with Crippen molar-refractivity contribution in [1.82, 2.24) is 9.88 Å². The van der Waals surface area contributed by atoms with E-state index in [0.717, 1.165) is 5.56 Å². The molecule has 0 spiro atoms. The molecule has 1 aliphatic heterocycles. The summed E-state index contributed by atoms with van der Waals surface area (Å²) < 4.78 is 10.3. The number of nitrogen functional groups attached to an aromatic ring is 1. The van der Waals surface area contributed by atoms with E-state index in [1.54, 1.807) is 24.1 Å². The zero-order valence-electron chi connectivity index (χ0n) is 15.6. The van der Waals surface area contributed by atoms with Crippen LogP contribution >= 0.6 is 0 Å². The van der Waals surface area contributed by atoms with E-state index in [9.17, 15) is 4.79 Å². The lowest BCUT2D eigenvalue weighted by atomic mass is 9.98. The van der Waals surface area contributed by atoms with Gasteiger partial charge in [-0.3, -0.25) is 4.79 Å². The monoisotopic (exact) mass is 366 g/mol. The fourth-order valence-corrected chi connectivity index (χ4v) is 3.10. The molecule has 4 N–H and O–H groups in total. The Labute approximate surface area is 157 Å². The second kappa shape index (κ2) is 7.03. The smallest absolute Gasteiger partial charge is 0.258 e. The molecular weight excluding hydrogens is 344 g/mol. The Kier molecular flexibility index (Phi) is 4.77.